The summed E-state index contributed by atoms with van der Waals surface area (Å²) in [5.74, 6) is 0.0618. The molecule has 1 aliphatic carbocycles. The van der Waals surface area contributed by atoms with E-state index in [2.05, 4.69) is 5.32 Å². The summed E-state index contributed by atoms with van der Waals surface area (Å²) in [7, 11) is 0. The average molecular weight is 318 g/mol. The van der Waals surface area contributed by atoms with Crippen molar-refractivity contribution in [3.63, 3.8) is 0 Å². The second-order valence-electron chi connectivity index (χ2n) is 6.40. The van der Waals surface area contributed by atoms with Crippen LogP contribution in [0.5, 0.6) is 0 Å². The van der Waals surface area contributed by atoms with Crippen LogP contribution in [0.3, 0.4) is 0 Å². The Bertz CT molecular complexity index is 541. The summed E-state index contributed by atoms with van der Waals surface area (Å²) >= 11 is 0. The van der Waals surface area contributed by atoms with Crippen LogP contribution in [-0.4, -0.2) is 31.8 Å². The van der Waals surface area contributed by atoms with Gasteiger partial charge < -0.3 is 20.5 Å². The van der Waals surface area contributed by atoms with Gasteiger partial charge in [-0.1, -0.05) is 6.07 Å². The summed E-state index contributed by atoms with van der Waals surface area (Å²) in [5.41, 5.74) is 9.12. The van der Waals surface area contributed by atoms with Crippen molar-refractivity contribution >= 4 is 11.6 Å². The Morgan fingerprint density at radius 1 is 1.30 bits per heavy atom. The van der Waals surface area contributed by atoms with Gasteiger partial charge in [0.05, 0.1) is 18.8 Å². The van der Waals surface area contributed by atoms with Gasteiger partial charge in [0.15, 0.2) is 0 Å². The Morgan fingerprint density at radius 3 is 2.96 bits per heavy atom. The summed E-state index contributed by atoms with van der Waals surface area (Å²) in [6.45, 7) is 2.01. The molecule has 3 N–H and O–H groups in total. The lowest BCUT2D eigenvalue weighted by Crippen LogP contribution is -2.32. The number of amides is 1. The van der Waals surface area contributed by atoms with Crippen molar-refractivity contribution < 1.29 is 14.3 Å². The van der Waals surface area contributed by atoms with Crippen LogP contribution in [0.25, 0.3) is 0 Å². The Morgan fingerprint density at radius 2 is 2.13 bits per heavy atom. The number of nitrogens with two attached hydrogens (primary N) is 1. The average Bonchev–Trinajstić information content (AvgIpc) is 2.56. The van der Waals surface area contributed by atoms with E-state index in [1.54, 1.807) is 0 Å². The lowest BCUT2D eigenvalue weighted by Gasteiger charge is -2.27. The van der Waals surface area contributed by atoms with E-state index in [1.165, 1.54) is 11.1 Å². The van der Waals surface area contributed by atoms with Gasteiger partial charge in [-0.25, -0.2) is 0 Å². The molecule has 1 saturated heterocycles. The molecule has 0 spiro atoms. The molecule has 1 unspecified atom stereocenters. The fourth-order valence-electron chi connectivity index (χ4n) is 3.41. The third-order valence-electron chi connectivity index (χ3n) is 4.67. The van der Waals surface area contributed by atoms with E-state index in [0.29, 0.717) is 13.0 Å². The second kappa shape index (κ2) is 7.79. The van der Waals surface area contributed by atoms with E-state index in [9.17, 15) is 4.79 Å². The minimum atomic E-state index is 0.0618. The molecule has 126 valence electrons. The van der Waals surface area contributed by atoms with Crippen molar-refractivity contribution in [1.29, 1.82) is 0 Å². The number of carbonyl (C=O) groups is 1. The molecule has 1 atom stereocenters. The number of aryl methyl sites for hydroxylation is 1. The minimum absolute atomic E-state index is 0.0618. The summed E-state index contributed by atoms with van der Waals surface area (Å²) in [5, 5.41) is 3.15. The van der Waals surface area contributed by atoms with Crippen molar-refractivity contribution in [1.82, 2.24) is 5.32 Å². The Balaban J connectivity index is 1.47. The molecule has 1 fully saturated rings. The number of nitrogens with one attached hydrogen (secondary N) is 1. The monoisotopic (exact) mass is 318 g/mol. The molecule has 0 radical (unpaired) electrons. The molecule has 5 nitrogen and oxygen atoms in total. The van der Waals surface area contributed by atoms with E-state index in [0.717, 1.165) is 51.0 Å². The summed E-state index contributed by atoms with van der Waals surface area (Å²) in [6, 6.07) is 6.10. The lowest BCUT2D eigenvalue weighted by atomic mass is 9.87. The van der Waals surface area contributed by atoms with Crippen LogP contribution in [0.2, 0.25) is 0 Å². The van der Waals surface area contributed by atoms with Gasteiger partial charge in [0.25, 0.3) is 0 Å². The molecule has 23 heavy (non-hydrogen) atoms. The maximum atomic E-state index is 12.2. The van der Waals surface area contributed by atoms with Gasteiger partial charge in [-0.05, 0) is 55.4 Å². The molecular weight excluding hydrogens is 292 g/mol. The molecule has 1 heterocycles. The molecule has 3 rings (SSSR count). The number of hydrogen-bond acceptors (Lipinski definition) is 4. The van der Waals surface area contributed by atoms with E-state index in [1.807, 2.05) is 18.2 Å². The highest BCUT2D eigenvalue weighted by Crippen LogP contribution is 2.31. The summed E-state index contributed by atoms with van der Waals surface area (Å²) < 4.78 is 11.1. The predicted octanol–water partition coefficient (Wildman–Crippen LogP) is 2.35. The van der Waals surface area contributed by atoms with Gasteiger partial charge >= 0.3 is 0 Å². The fraction of sp³-hybridized carbons (Fsp3) is 0.611. The van der Waals surface area contributed by atoms with Crippen LogP contribution in [0.15, 0.2) is 18.2 Å². The van der Waals surface area contributed by atoms with Crippen LogP contribution >= 0.6 is 0 Å². The minimum Gasteiger partial charge on any atom is -0.399 e. The molecule has 2 aliphatic rings. The molecule has 0 saturated carbocycles. The Hall–Kier alpha value is -1.59. The highest BCUT2D eigenvalue weighted by molar-refractivity contribution is 5.76. The zero-order valence-corrected chi connectivity index (χ0v) is 13.6. The molecule has 1 amide bonds. The van der Waals surface area contributed by atoms with E-state index < -0.39 is 0 Å². The third-order valence-corrected chi connectivity index (χ3v) is 4.67. The highest BCUT2D eigenvalue weighted by Gasteiger charge is 2.22. The lowest BCUT2D eigenvalue weighted by molar-refractivity contribution is -0.124. The van der Waals surface area contributed by atoms with E-state index in [4.69, 9.17) is 15.2 Å². The predicted molar refractivity (Wildman–Crippen MR) is 89.1 cm³/mol. The topological polar surface area (TPSA) is 73.6 Å². The fourth-order valence-corrected chi connectivity index (χ4v) is 3.41. The van der Waals surface area contributed by atoms with Crippen LogP contribution < -0.4 is 11.1 Å². The van der Waals surface area contributed by atoms with Crippen molar-refractivity contribution in [2.24, 2.45) is 0 Å². The first-order valence-electron chi connectivity index (χ1n) is 8.59. The largest absolute Gasteiger partial charge is 0.399 e. The number of hydrogen-bond donors (Lipinski definition) is 2. The van der Waals surface area contributed by atoms with Crippen molar-refractivity contribution in [2.45, 2.75) is 50.7 Å². The van der Waals surface area contributed by atoms with E-state index >= 15 is 0 Å². The SMILES string of the molecule is Nc1ccc2c(c1)CCCC2NC(=O)CCOC1CCOCC1. The van der Waals surface area contributed by atoms with Gasteiger partial charge in [0.2, 0.25) is 5.91 Å². The first-order chi connectivity index (χ1) is 11.2. The third kappa shape index (κ3) is 4.45. The Kier molecular flexibility index (Phi) is 5.51. The normalized spacial score (nSPS) is 21.7. The van der Waals surface area contributed by atoms with E-state index in [-0.39, 0.29) is 18.1 Å². The second-order valence-corrected chi connectivity index (χ2v) is 6.40. The number of fused-ring (bicyclic) bond motifs is 1. The van der Waals surface area contributed by atoms with Crippen LogP contribution in [-0.2, 0) is 20.7 Å². The van der Waals surface area contributed by atoms with Gasteiger partial charge in [-0.2, -0.15) is 0 Å². The number of ether oxygens (including phenoxy) is 2. The number of carbonyl (C=O) groups excluding carboxylic acids is 1. The van der Waals surface area contributed by atoms with Gasteiger partial charge in [0, 0.05) is 25.3 Å². The highest BCUT2D eigenvalue weighted by atomic mass is 16.5. The van der Waals surface area contributed by atoms with Crippen molar-refractivity contribution in [3.8, 4) is 0 Å². The van der Waals surface area contributed by atoms with Gasteiger partial charge in [-0.15, -0.1) is 0 Å². The molecule has 1 aromatic carbocycles. The molecule has 1 aliphatic heterocycles. The molecule has 5 heteroatoms. The van der Waals surface area contributed by atoms with Crippen molar-refractivity contribution in [2.75, 3.05) is 25.6 Å². The zero-order chi connectivity index (χ0) is 16.1. The first kappa shape index (κ1) is 16.3. The number of nitrogen functional groups attached to an aromatic ring is 1. The maximum Gasteiger partial charge on any atom is 0.222 e. The standard InChI is InChI=1S/C18H26N2O3/c19-14-4-5-16-13(12-14)2-1-3-17(16)20-18(21)8-11-23-15-6-9-22-10-7-15/h4-5,12,15,17H,1-3,6-11,19H2,(H,20,21). The maximum absolute atomic E-state index is 12.2. The molecule has 0 bridgehead atoms. The van der Waals surface area contributed by atoms with Gasteiger partial charge in [0.1, 0.15) is 0 Å². The van der Waals surface area contributed by atoms with Crippen LogP contribution in [0.4, 0.5) is 5.69 Å². The van der Waals surface area contributed by atoms with Gasteiger partial charge in [-0.3, -0.25) is 4.79 Å². The van der Waals surface area contributed by atoms with Crippen molar-refractivity contribution in [3.05, 3.63) is 29.3 Å². The number of benzene rings is 1. The van der Waals surface area contributed by atoms with Crippen LogP contribution in [0, 0.1) is 0 Å². The van der Waals surface area contributed by atoms with Crippen LogP contribution in [0.1, 0.15) is 49.3 Å². The smallest absolute Gasteiger partial charge is 0.222 e. The number of rotatable bonds is 5. The molecular formula is C18H26N2O3. The summed E-state index contributed by atoms with van der Waals surface area (Å²) in [4.78, 5) is 12.2. The summed E-state index contributed by atoms with van der Waals surface area (Å²) in [6.07, 6.45) is 5.63. The first-order valence-corrected chi connectivity index (χ1v) is 8.59. The molecule has 0 aromatic heterocycles. The number of anilines is 1. The quantitative estimate of drug-likeness (QED) is 0.817. The Labute approximate surface area is 137 Å². The zero-order valence-electron chi connectivity index (χ0n) is 13.6. The molecule has 1 aromatic rings.